The van der Waals surface area contributed by atoms with Crippen LogP contribution in [-0.4, -0.2) is 15.8 Å². The fraction of sp³-hybridized carbons (Fsp3) is 0. The predicted octanol–water partition coefficient (Wildman–Crippen LogP) is 3.00. The van der Waals surface area contributed by atoms with E-state index < -0.39 is 10.8 Å². The number of nitrogens with one attached hydrogen (secondary N) is 1. The molecule has 19 heavy (non-hydrogen) atoms. The van der Waals surface area contributed by atoms with Gasteiger partial charge in [-0.2, -0.15) is 0 Å². The number of nitrogens with zero attached hydrogens (tertiary/aromatic N) is 2. The van der Waals surface area contributed by atoms with E-state index >= 15 is 0 Å². The maximum atomic E-state index is 12.0. The molecule has 0 unspecified atom stereocenters. The second-order valence-corrected chi connectivity index (χ2v) is 4.38. The molecule has 0 aliphatic rings. The maximum absolute atomic E-state index is 12.0. The summed E-state index contributed by atoms with van der Waals surface area (Å²) in [5.74, 6) is -0.441. The van der Waals surface area contributed by atoms with Crippen LogP contribution in [0, 0.1) is 10.1 Å². The minimum Gasteiger partial charge on any atom is -0.321 e. The number of carbonyl (C=O) groups excluding carboxylic acids is 1. The monoisotopic (exact) mass is 321 g/mol. The molecule has 0 saturated heterocycles. The molecule has 1 amide bonds. The number of nitro benzene ring substituents is 1. The van der Waals surface area contributed by atoms with E-state index in [0.29, 0.717) is 5.69 Å². The molecular formula is C12H8BrN3O3. The number of amides is 1. The highest BCUT2D eigenvalue weighted by molar-refractivity contribution is 9.10. The van der Waals surface area contributed by atoms with Gasteiger partial charge in [-0.15, -0.1) is 0 Å². The lowest BCUT2D eigenvalue weighted by Gasteiger charge is -2.06. The summed E-state index contributed by atoms with van der Waals surface area (Å²) in [7, 11) is 0. The molecule has 2 aromatic rings. The molecule has 6 nitrogen and oxygen atoms in total. The Morgan fingerprint density at radius 1 is 1.32 bits per heavy atom. The smallest absolute Gasteiger partial charge is 0.284 e. The van der Waals surface area contributed by atoms with Crippen LogP contribution in [-0.2, 0) is 0 Å². The highest BCUT2D eigenvalue weighted by Gasteiger charge is 2.19. The van der Waals surface area contributed by atoms with Gasteiger partial charge in [-0.05, 0) is 34.1 Å². The number of carbonyl (C=O) groups is 1. The fourth-order valence-electron chi connectivity index (χ4n) is 1.47. The van der Waals surface area contributed by atoms with Gasteiger partial charge in [0.15, 0.2) is 0 Å². The summed E-state index contributed by atoms with van der Waals surface area (Å²) < 4.78 is 0.154. The molecule has 0 aliphatic carbocycles. The van der Waals surface area contributed by atoms with Crippen LogP contribution in [0.25, 0.3) is 0 Å². The standard InChI is InChI=1S/C12H8BrN3O3/c13-11-9(4-1-5-10(11)16(18)19)12(17)15-8-3-2-6-14-7-8/h1-7H,(H,15,17). The van der Waals surface area contributed by atoms with E-state index in [-0.39, 0.29) is 15.7 Å². The van der Waals surface area contributed by atoms with Gasteiger partial charge in [-0.25, -0.2) is 0 Å². The molecule has 1 N–H and O–H groups in total. The zero-order valence-corrected chi connectivity index (χ0v) is 11.1. The zero-order valence-electron chi connectivity index (χ0n) is 9.54. The number of halogens is 1. The van der Waals surface area contributed by atoms with E-state index in [1.807, 2.05) is 0 Å². The fourth-order valence-corrected chi connectivity index (χ4v) is 2.06. The lowest BCUT2D eigenvalue weighted by Crippen LogP contribution is -2.13. The number of benzene rings is 1. The Bertz CT molecular complexity index is 631. The maximum Gasteiger partial charge on any atom is 0.284 e. The molecule has 0 aliphatic heterocycles. The van der Waals surface area contributed by atoms with Crippen molar-refractivity contribution in [1.29, 1.82) is 0 Å². The molecule has 0 bridgehead atoms. The first-order chi connectivity index (χ1) is 9.09. The number of hydrogen-bond donors (Lipinski definition) is 1. The molecule has 0 fully saturated rings. The van der Waals surface area contributed by atoms with Gasteiger partial charge in [0.2, 0.25) is 0 Å². The summed E-state index contributed by atoms with van der Waals surface area (Å²) in [6.07, 6.45) is 3.07. The lowest BCUT2D eigenvalue weighted by molar-refractivity contribution is -0.385. The third kappa shape index (κ3) is 2.94. The second-order valence-electron chi connectivity index (χ2n) is 3.59. The van der Waals surface area contributed by atoms with Gasteiger partial charge in [0.05, 0.1) is 22.4 Å². The number of rotatable bonds is 3. The third-order valence-electron chi connectivity index (χ3n) is 2.34. The third-order valence-corrected chi connectivity index (χ3v) is 3.17. The lowest BCUT2D eigenvalue weighted by atomic mass is 10.2. The first-order valence-corrected chi connectivity index (χ1v) is 6.03. The van der Waals surface area contributed by atoms with Crippen molar-refractivity contribution in [3.8, 4) is 0 Å². The molecule has 0 saturated carbocycles. The molecule has 1 aromatic heterocycles. The van der Waals surface area contributed by atoms with Crippen molar-refractivity contribution in [3.63, 3.8) is 0 Å². The number of aromatic nitrogens is 1. The predicted molar refractivity (Wildman–Crippen MR) is 73.0 cm³/mol. The summed E-state index contributed by atoms with van der Waals surface area (Å²) in [6.45, 7) is 0. The number of hydrogen-bond acceptors (Lipinski definition) is 4. The van der Waals surface area contributed by atoms with Crippen LogP contribution < -0.4 is 5.32 Å². The molecule has 96 valence electrons. The van der Waals surface area contributed by atoms with Gasteiger partial charge < -0.3 is 5.32 Å². The average molecular weight is 322 g/mol. The van der Waals surface area contributed by atoms with Crippen LogP contribution in [0.1, 0.15) is 10.4 Å². The van der Waals surface area contributed by atoms with Crippen molar-refractivity contribution < 1.29 is 9.72 Å². The van der Waals surface area contributed by atoms with Gasteiger partial charge >= 0.3 is 0 Å². The Hall–Kier alpha value is -2.28. The summed E-state index contributed by atoms with van der Waals surface area (Å²) in [5, 5.41) is 13.4. The van der Waals surface area contributed by atoms with E-state index in [9.17, 15) is 14.9 Å². The summed E-state index contributed by atoms with van der Waals surface area (Å²) in [6, 6.07) is 7.64. The molecular weight excluding hydrogens is 314 g/mol. The van der Waals surface area contributed by atoms with Crippen LogP contribution in [0.2, 0.25) is 0 Å². The Morgan fingerprint density at radius 2 is 2.11 bits per heavy atom. The van der Waals surface area contributed by atoms with Crippen LogP contribution in [0.5, 0.6) is 0 Å². The van der Waals surface area contributed by atoms with Gasteiger partial charge in [0.1, 0.15) is 4.47 Å². The number of anilines is 1. The Labute approximate surface area is 116 Å². The van der Waals surface area contributed by atoms with Crippen LogP contribution in [0.3, 0.4) is 0 Å². The first-order valence-electron chi connectivity index (χ1n) is 5.24. The average Bonchev–Trinajstić information content (AvgIpc) is 2.39. The second kappa shape index (κ2) is 5.57. The van der Waals surface area contributed by atoms with Crippen molar-refractivity contribution >= 4 is 33.2 Å². The van der Waals surface area contributed by atoms with Crippen molar-refractivity contribution in [2.75, 3.05) is 5.32 Å². The van der Waals surface area contributed by atoms with Gasteiger partial charge in [0, 0.05) is 12.3 Å². The molecule has 1 heterocycles. The Kier molecular flexibility index (Phi) is 3.86. The summed E-state index contributed by atoms with van der Waals surface area (Å²) in [4.78, 5) is 26.1. The largest absolute Gasteiger partial charge is 0.321 e. The van der Waals surface area contributed by atoms with Gasteiger partial charge in [0.25, 0.3) is 11.6 Å². The quantitative estimate of drug-likeness (QED) is 0.695. The molecule has 2 rings (SSSR count). The van der Waals surface area contributed by atoms with Crippen molar-refractivity contribution in [3.05, 3.63) is 62.9 Å². The summed E-state index contributed by atoms with van der Waals surface area (Å²) >= 11 is 3.08. The van der Waals surface area contributed by atoms with E-state index in [2.05, 4.69) is 26.2 Å². The van der Waals surface area contributed by atoms with Crippen molar-refractivity contribution in [2.45, 2.75) is 0 Å². The highest BCUT2D eigenvalue weighted by atomic mass is 79.9. The first kappa shape index (κ1) is 13.2. The zero-order chi connectivity index (χ0) is 13.8. The Balaban J connectivity index is 2.30. The highest BCUT2D eigenvalue weighted by Crippen LogP contribution is 2.28. The van der Waals surface area contributed by atoms with Crippen molar-refractivity contribution in [1.82, 2.24) is 4.98 Å². The van der Waals surface area contributed by atoms with Crippen LogP contribution in [0.4, 0.5) is 11.4 Å². The molecule has 1 aromatic carbocycles. The normalized spacial score (nSPS) is 9.95. The molecule has 0 radical (unpaired) electrons. The summed E-state index contributed by atoms with van der Waals surface area (Å²) in [5.41, 5.74) is 0.558. The number of pyridine rings is 1. The minimum absolute atomic E-state index is 0.154. The van der Waals surface area contributed by atoms with E-state index in [0.717, 1.165) is 0 Å². The molecule has 7 heteroatoms. The SMILES string of the molecule is O=C(Nc1cccnc1)c1cccc([N+](=O)[O-])c1Br. The molecule has 0 atom stereocenters. The van der Waals surface area contributed by atoms with Crippen molar-refractivity contribution in [2.24, 2.45) is 0 Å². The molecule has 0 spiro atoms. The van der Waals surface area contributed by atoms with E-state index in [1.54, 1.807) is 18.3 Å². The number of nitro groups is 1. The topological polar surface area (TPSA) is 85.1 Å². The van der Waals surface area contributed by atoms with E-state index in [4.69, 9.17) is 0 Å². The van der Waals surface area contributed by atoms with E-state index in [1.165, 1.54) is 24.4 Å². The van der Waals surface area contributed by atoms with Gasteiger partial charge in [-0.3, -0.25) is 19.9 Å². The van der Waals surface area contributed by atoms with Crippen LogP contribution in [0.15, 0.2) is 47.2 Å². The van der Waals surface area contributed by atoms with Crippen LogP contribution >= 0.6 is 15.9 Å². The minimum atomic E-state index is -0.551. The van der Waals surface area contributed by atoms with Gasteiger partial charge in [-0.1, -0.05) is 6.07 Å². The Morgan fingerprint density at radius 3 is 2.74 bits per heavy atom.